The van der Waals surface area contributed by atoms with Crippen molar-refractivity contribution in [1.82, 2.24) is 4.31 Å². The number of rotatable bonds is 3. The van der Waals surface area contributed by atoms with Crippen LogP contribution in [0.4, 0.5) is 0 Å². The third-order valence-corrected chi connectivity index (χ3v) is 6.97. The lowest BCUT2D eigenvalue weighted by molar-refractivity contribution is 0.264. The van der Waals surface area contributed by atoms with Crippen molar-refractivity contribution in [3.8, 4) is 0 Å². The van der Waals surface area contributed by atoms with Gasteiger partial charge in [-0.2, -0.15) is 4.31 Å². The Kier molecular flexibility index (Phi) is 4.00. The van der Waals surface area contributed by atoms with E-state index in [1.165, 1.54) is 0 Å². The van der Waals surface area contributed by atoms with Gasteiger partial charge in [0.05, 0.1) is 10.8 Å². The predicted octanol–water partition coefficient (Wildman–Crippen LogP) is 3.18. The Hall–Kier alpha value is -0.520. The molecule has 5 heteroatoms. The summed E-state index contributed by atoms with van der Waals surface area (Å²) in [5.74, 6) is 0.830. The first-order valence-corrected chi connectivity index (χ1v) is 8.90. The molecule has 0 aromatic heterocycles. The Morgan fingerprint density at radius 2 is 1.84 bits per heavy atom. The van der Waals surface area contributed by atoms with E-state index in [0.717, 1.165) is 0 Å². The highest BCUT2D eigenvalue weighted by Crippen LogP contribution is 2.44. The van der Waals surface area contributed by atoms with Crippen molar-refractivity contribution in [2.75, 3.05) is 5.88 Å². The second-order valence-electron chi connectivity index (χ2n) is 5.77. The van der Waals surface area contributed by atoms with Crippen LogP contribution in [0, 0.1) is 5.92 Å². The maximum Gasteiger partial charge on any atom is 0.244 e. The standard InChI is InChI=1S/C14H21NO2S2/c1-11(2)13-14(3,4)18-10-15(13)19(16,17)12-8-6-5-7-9-12/h5-9,11,13H,10H2,1-4H3. The van der Waals surface area contributed by atoms with Gasteiger partial charge in [0, 0.05) is 10.8 Å². The van der Waals surface area contributed by atoms with Gasteiger partial charge in [-0.1, -0.05) is 32.0 Å². The van der Waals surface area contributed by atoms with Gasteiger partial charge < -0.3 is 0 Å². The second-order valence-corrected chi connectivity index (χ2v) is 9.26. The molecule has 1 atom stereocenters. The summed E-state index contributed by atoms with van der Waals surface area (Å²) in [7, 11) is -3.39. The summed E-state index contributed by atoms with van der Waals surface area (Å²) in [5.41, 5.74) is 0. The zero-order valence-electron chi connectivity index (χ0n) is 11.8. The Morgan fingerprint density at radius 1 is 1.26 bits per heavy atom. The molecule has 1 unspecified atom stereocenters. The molecule has 0 amide bonds. The summed E-state index contributed by atoms with van der Waals surface area (Å²) in [4.78, 5) is 0.388. The highest BCUT2D eigenvalue weighted by atomic mass is 32.2. The van der Waals surface area contributed by atoms with E-state index in [4.69, 9.17) is 0 Å². The molecule has 1 fully saturated rings. The Morgan fingerprint density at radius 3 is 2.37 bits per heavy atom. The number of hydrogen-bond donors (Lipinski definition) is 0. The first-order chi connectivity index (χ1) is 8.77. The van der Waals surface area contributed by atoms with Crippen LogP contribution in [0.25, 0.3) is 0 Å². The third kappa shape index (κ3) is 2.69. The van der Waals surface area contributed by atoms with Crippen LogP contribution in [-0.4, -0.2) is 29.4 Å². The summed E-state index contributed by atoms with van der Waals surface area (Å²) < 4.78 is 27.1. The van der Waals surface area contributed by atoms with Crippen molar-refractivity contribution >= 4 is 21.8 Å². The molecule has 3 nitrogen and oxygen atoms in total. The summed E-state index contributed by atoms with van der Waals surface area (Å²) in [6.07, 6.45) is 0. The van der Waals surface area contributed by atoms with Crippen molar-refractivity contribution in [3.05, 3.63) is 30.3 Å². The topological polar surface area (TPSA) is 37.4 Å². The molecule has 1 aliphatic rings. The second kappa shape index (κ2) is 5.11. The molecule has 0 radical (unpaired) electrons. The predicted molar refractivity (Wildman–Crippen MR) is 80.6 cm³/mol. The van der Waals surface area contributed by atoms with Crippen LogP contribution < -0.4 is 0 Å². The minimum atomic E-state index is -3.39. The lowest BCUT2D eigenvalue weighted by Gasteiger charge is -2.34. The largest absolute Gasteiger partial charge is 0.244 e. The molecule has 0 spiro atoms. The molecule has 0 aliphatic carbocycles. The number of nitrogens with zero attached hydrogens (tertiary/aromatic N) is 1. The van der Waals surface area contributed by atoms with Gasteiger partial charge in [-0.15, -0.1) is 11.8 Å². The van der Waals surface area contributed by atoms with Gasteiger partial charge in [-0.25, -0.2) is 8.42 Å². The zero-order valence-corrected chi connectivity index (χ0v) is 13.5. The molecule has 0 saturated carbocycles. The highest BCUT2D eigenvalue weighted by Gasteiger charge is 2.48. The van der Waals surface area contributed by atoms with Crippen LogP contribution in [-0.2, 0) is 10.0 Å². The number of thioether (sulfide) groups is 1. The Balaban J connectivity index is 2.42. The van der Waals surface area contributed by atoms with Gasteiger partial charge in [0.15, 0.2) is 0 Å². The maximum atomic E-state index is 12.7. The van der Waals surface area contributed by atoms with Gasteiger partial charge >= 0.3 is 0 Å². The van der Waals surface area contributed by atoms with Crippen LogP contribution in [0.2, 0.25) is 0 Å². The van der Waals surface area contributed by atoms with E-state index in [0.29, 0.717) is 16.7 Å². The first kappa shape index (κ1) is 14.9. The van der Waals surface area contributed by atoms with Crippen molar-refractivity contribution < 1.29 is 8.42 Å². The molecule has 0 N–H and O–H groups in total. The summed E-state index contributed by atoms with van der Waals surface area (Å²) in [6, 6.07) is 8.74. The Bertz CT molecular complexity index is 538. The van der Waals surface area contributed by atoms with Crippen molar-refractivity contribution in [2.45, 2.75) is 43.4 Å². The van der Waals surface area contributed by atoms with Crippen molar-refractivity contribution in [2.24, 2.45) is 5.92 Å². The van der Waals surface area contributed by atoms with Crippen LogP contribution in [0.1, 0.15) is 27.7 Å². The van der Waals surface area contributed by atoms with Gasteiger partial charge in [0.25, 0.3) is 0 Å². The molecule has 1 aromatic rings. The normalized spacial score (nSPS) is 23.9. The van der Waals surface area contributed by atoms with Gasteiger partial charge in [0.1, 0.15) is 0 Å². The SMILES string of the molecule is CC(C)C1N(S(=O)(=O)c2ccccc2)CSC1(C)C. The highest BCUT2D eigenvalue weighted by molar-refractivity contribution is 8.02. The van der Waals surface area contributed by atoms with E-state index >= 15 is 0 Å². The Labute approximate surface area is 120 Å². The number of benzene rings is 1. The smallest absolute Gasteiger partial charge is 0.207 e. The molecule has 2 rings (SSSR count). The summed E-state index contributed by atoms with van der Waals surface area (Å²) >= 11 is 1.71. The molecule has 1 heterocycles. The molecule has 1 aliphatic heterocycles. The fraction of sp³-hybridized carbons (Fsp3) is 0.571. The monoisotopic (exact) mass is 299 g/mol. The minimum Gasteiger partial charge on any atom is -0.207 e. The fourth-order valence-corrected chi connectivity index (χ4v) is 6.37. The lowest BCUT2D eigenvalue weighted by atomic mass is 9.93. The van der Waals surface area contributed by atoms with E-state index in [1.54, 1.807) is 40.3 Å². The van der Waals surface area contributed by atoms with Crippen LogP contribution in [0.15, 0.2) is 35.2 Å². The molecule has 0 bridgehead atoms. The zero-order chi connectivity index (χ0) is 14.3. The van der Waals surface area contributed by atoms with E-state index in [1.807, 2.05) is 6.07 Å². The van der Waals surface area contributed by atoms with Crippen LogP contribution in [0.3, 0.4) is 0 Å². The molecular formula is C14H21NO2S2. The third-order valence-electron chi connectivity index (χ3n) is 3.57. The van der Waals surface area contributed by atoms with E-state index < -0.39 is 10.0 Å². The summed E-state index contributed by atoms with van der Waals surface area (Å²) in [6.45, 7) is 8.43. The molecule has 19 heavy (non-hydrogen) atoms. The minimum absolute atomic E-state index is 0.0303. The van der Waals surface area contributed by atoms with Crippen molar-refractivity contribution in [3.63, 3.8) is 0 Å². The number of sulfonamides is 1. The first-order valence-electron chi connectivity index (χ1n) is 6.47. The molecular weight excluding hydrogens is 278 g/mol. The van der Waals surface area contributed by atoms with Crippen LogP contribution >= 0.6 is 11.8 Å². The maximum absolute atomic E-state index is 12.7. The van der Waals surface area contributed by atoms with Crippen molar-refractivity contribution in [1.29, 1.82) is 0 Å². The van der Waals surface area contributed by atoms with E-state index in [-0.39, 0.29) is 10.8 Å². The lowest BCUT2D eigenvalue weighted by Crippen LogP contribution is -2.46. The molecule has 1 saturated heterocycles. The van der Waals surface area contributed by atoms with Crippen LogP contribution in [0.5, 0.6) is 0 Å². The van der Waals surface area contributed by atoms with Gasteiger partial charge in [-0.05, 0) is 31.9 Å². The van der Waals surface area contributed by atoms with E-state index in [9.17, 15) is 8.42 Å². The average Bonchev–Trinajstić information content (AvgIpc) is 2.66. The van der Waals surface area contributed by atoms with Gasteiger partial charge in [0.2, 0.25) is 10.0 Å². The quantitative estimate of drug-likeness (QED) is 0.860. The fourth-order valence-electron chi connectivity index (χ4n) is 2.82. The molecule has 106 valence electrons. The van der Waals surface area contributed by atoms with Gasteiger partial charge in [-0.3, -0.25) is 0 Å². The number of hydrogen-bond acceptors (Lipinski definition) is 3. The summed E-state index contributed by atoms with van der Waals surface area (Å²) in [5, 5.41) is 0. The average molecular weight is 299 g/mol. The van der Waals surface area contributed by atoms with E-state index in [2.05, 4.69) is 27.7 Å². The molecule has 1 aromatic carbocycles.